The van der Waals surface area contributed by atoms with Crippen LogP contribution >= 0.6 is 0 Å². The minimum Gasteiger partial charge on any atom is -0.489 e. The molecule has 0 radical (unpaired) electrons. The van der Waals surface area contributed by atoms with Gasteiger partial charge in [0.15, 0.2) is 0 Å². The number of para-hydroxylation sites is 1. The molecule has 2 saturated heterocycles. The number of hydrogen-bond acceptors (Lipinski definition) is 5. The minimum absolute atomic E-state index is 0.00390. The molecule has 5 rings (SSSR count). The Hall–Kier alpha value is -4.14. The Bertz CT molecular complexity index is 1240. The molecule has 9 nitrogen and oxygen atoms in total. The molecule has 0 aromatic heterocycles. The van der Waals surface area contributed by atoms with Crippen molar-refractivity contribution in [1.82, 2.24) is 19.6 Å². The Morgan fingerprint density at radius 2 is 1.65 bits per heavy atom. The highest BCUT2D eigenvalue weighted by Crippen LogP contribution is 2.30. The molecule has 2 fully saturated rings. The van der Waals surface area contributed by atoms with Gasteiger partial charge in [0.05, 0.1) is 6.54 Å². The molecule has 2 aromatic rings. The zero-order chi connectivity index (χ0) is 27.9. The molecule has 0 unspecified atom stereocenters. The average Bonchev–Trinajstić information content (AvgIpc) is 3.00. The van der Waals surface area contributed by atoms with Crippen LogP contribution < -0.4 is 4.74 Å². The van der Waals surface area contributed by atoms with Crippen molar-refractivity contribution in [3.05, 3.63) is 77.9 Å². The predicted octanol–water partition coefficient (Wildman–Crippen LogP) is 2.43. The first kappa shape index (κ1) is 27.4. The fraction of sp³-hybridized carbons (Fsp3) is 0.419. The Morgan fingerprint density at radius 3 is 2.42 bits per heavy atom. The standard InChI is InChI=1S/C31H36N4O5/c36-23-32-14-16-33(17-15-32)29(37)19-25-12-13-34-20-26(25)10-6-18-40-28-11-5-4-9-27(28)21-35(22-30(34)38)31(39)24-7-2-1-3-8-24/h1-11,23,25-26H,12-22H2/b10-6+/t25-,26-/m0/s1. The summed E-state index contributed by atoms with van der Waals surface area (Å²) in [6.45, 7) is 3.82. The molecule has 2 bridgehead atoms. The van der Waals surface area contributed by atoms with Crippen LogP contribution in [-0.4, -0.2) is 96.2 Å². The van der Waals surface area contributed by atoms with Gasteiger partial charge in [-0.3, -0.25) is 19.2 Å². The van der Waals surface area contributed by atoms with E-state index in [9.17, 15) is 19.2 Å². The number of ether oxygens (including phenoxy) is 1. The fourth-order valence-electron chi connectivity index (χ4n) is 5.73. The van der Waals surface area contributed by atoms with Crippen molar-refractivity contribution in [3.8, 4) is 5.75 Å². The summed E-state index contributed by atoms with van der Waals surface area (Å²) in [4.78, 5) is 58.2. The first-order valence-electron chi connectivity index (χ1n) is 14.0. The van der Waals surface area contributed by atoms with Crippen molar-refractivity contribution in [2.24, 2.45) is 11.8 Å². The van der Waals surface area contributed by atoms with E-state index in [1.807, 2.05) is 58.3 Å². The number of nitrogens with zero attached hydrogens (tertiary/aromatic N) is 4. The third-order valence-electron chi connectivity index (χ3n) is 8.10. The molecule has 210 valence electrons. The number of piperazine rings is 1. The van der Waals surface area contributed by atoms with Gasteiger partial charge in [0.1, 0.15) is 18.9 Å². The van der Waals surface area contributed by atoms with Crippen molar-refractivity contribution in [3.63, 3.8) is 0 Å². The van der Waals surface area contributed by atoms with Crippen LogP contribution in [0.1, 0.15) is 28.8 Å². The normalized spacial score (nSPS) is 22.6. The number of carbonyl (C=O) groups is 4. The second-order valence-corrected chi connectivity index (χ2v) is 10.7. The number of carbonyl (C=O) groups excluding carboxylic acids is 4. The maximum atomic E-state index is 13.6. The highest BCUT2D eigenvalue weighted by atomic mass is 16.5. The van der Waals surface area contributed by atoms with Gasteiger partial charge in [-0.15, -0.1) is 0 Å². The SMILES string of the molecule is O=CN1CCN(C(=O)C[C@@H]2CCN3C[C@@H]2/C=C/COc2ccccc2CN(C(=O)c2ccccc2)CC3=O)CC1. The Kier molecular flexibility index (Phi) is 8.78. The summed E-state index contributed by atoms with van der Waals surface area (Å²) in [6.07, 6.45) is 5.99. The van der Waals surface area contributed by atoms with Crippen LogP contribution in [0.15, 0.2) is 66.7 Å². The van der Waals surface area contributed by atoms with Crippen LogP contribution in [0.2, 0.25) is 0 Å². The van der Waals surface area contributed by atoms with E-state index in [4.69, 9.17) is 4.74 Å². The van der Waals surface area contributed by atoms with Crippen molar-refractivity contribution in [2.75, 3.05) is 52.4 Å². The monoisotopic (exact) mass is 544 g/mol. The molecule has 3 aliphatic rings. The van der Waals surface area contributed by atoms with Gasteiger partial charge < -0.3 is 24.3 Å². The third-order valence-corrected chi connectivity index (χ3v) is 8.10. The number of amides is 4. The van der Waals surface area contributed by atoms with E-state index >= 15 is 0 Å². The Morgan fingerprint density at radius 1 is 0.900 bits per heavy atom. The third kappa shape index (κ3) is 6.52. The van der Waals surface area contributed by atoms with Gasteiger partial charge in [0.2, 0.25) is 18.2 Å². The van der Waals surface area contributed by atoms with Crippen LogP contribution in [0.25, 0.3) is 0 Å². The molecule has 0 aliphatic carbocycles. The molecule has 0 saturated carbocycles. The number of hydrogen-bond donors (Lipinski definition) is 0. The molecule has 40 heavy (non-hydrogen) atoms. The molecule has 2 atom stereocenters. The van der Waals surface area contributed by atoms with Crippen molar-refractivity contribution in [1.29, 1.82) is 0 Å². The molecule has 3 aliphatic heterocycles. The minimum atomic E-state index is -0.205. The van der Waals surface area contributed by atoms with Crippen molar-refractivity contribution in [2.45, 2.75) is 19.4 Å². The topological polar surface area (TPSA) is 90.5 Å². The molecular formula is C31H36N4O5. The lowest BCUT2D eigenvalue weighted by Crippen LogP contribution is -2.50. The average molecular weight is 545 g/mol. The van der Waals surface area contributed by atoms with E-state index < -0.39 is 0 Å². The largest absolute Gasteiger partial charge is 0.489 e. The second kappa shape index (κ2) is 12.8. The quantitative estimate of drug-likeness (QED) is 0.436. The number of benzene rings is 2. The van der Waals surface area contributed by atoms with Gasteiger partial charge in [-0.2, -0.15) is 0 Å². The van der Waals surface area contributed by atoms with E-state index in [0.717, 1.165) is 12.0 Å². The van der Waals surface area contributed by atoms with Crippen molar-refractivity contribution < 1.29 is 23.9 Å². The number of rotatable bonds is 4. The van der Waals surface area contributed by atoms with Gasteiger partial charge in [-0.1, -0.05) is 48.6 Å². The molecule has 9 heteroatoms. The second-order valence-electron chi connectivity index (χ2n) is 10.7. The van der Waals surface area contributed by atoms with E-state index in [-0.39, 0.29) is 42.6 Å². The van der Waals surface area contributed by atoms with E-state index in [1.54, 1.807) is 21.9 Å². The van der Waals surface area contributed by atoms with Crippen LogP contribution in [-0.2, 0) is 20.9 Å². The summed E-state index contributed by atoms with van der Waals surface area (Å²) < 4.78 is 6.10. The zero-order valence-corrected chi connectivity index (χ0v) is 22.7. The van der Waals surface area contributed by atoms with E-state index in [1.165, 1.54) is 0 Å². The smallest absolute Gasteiger partial charge is 0.254 e. The highest BCUT2D eigenvalue weighted by molar-refractivity contribution is 5.96. The molecule has 0 N–H and O–H groups in total. The Labute approximate surface area is 235 Å². The summed E-state index contributed by atoms with van der Waals surface area (Å²) in [5.74, 6) is 0.552. The fourth-order valence-corrected chi connectivity index (χ4v) is 5.73. The van der Waals surface area contributed by atoms with Gasteiger partial charge in [0.25, 0.3) is 5.91 Å². The van der Waals surface area contributed by atoms with E-state index in [2.05, 4.69) is 6.08 Å². The maximum absolute atomic E-state index is 13.6. The molecule has 2 aromatic carbocycles. The number of piperidine rings is 1. The van der Waals surface area contributed by atoms with Crippen LogP contribution in [0.5, 0.6) is 5.75 Å². The summed E-state index contributed by atoms with van der Waals surface area (Å²) in [7, 11) is 0. The highest BCUT2D eigenvalue weighted by Gasteiger charge is 2.34. The molecular weight excluding hydrogens is 508 g/mol. The number of fused-ring (bicyclic) bond motifs is 3. The van der Waals surface area contributed by atoms with Crippen LogP contribution in [0.4, 0.5) is 0 Å². The molecule has 3 heterocycles. The lowest BCUT2D eigenvalue weighted by Gasteiger charge is -2.39. The van der Waals surface area contributed by atoms with Crippen LogP contribution in [0.3, 0.4) is 0 Å². The van der Waals surface area contributed by atoms with Gasteiger partial charge in [-0.25, -0.2) is 0 Å². The lowest BCUT2D eigenvalue weighted by molar-refractivity contribution is -0.138. The van der Waals surface area contributed by atoms with Gasteiger partial charge >= 0.3 is 0 Å². The summed E-state index contributed by atoms with van der Waals surface area (Å²) in [5, 5.41) is 0. The summed E-state index contributed by atoms with van der Waals surface area (Å²) in [6, 6.07) is 16.6. The lowest BCUT2D eigenvalue weighted by atomic mass is 9.82. The first-order chi connectivity index (χ1) is 19.5. The van der Waals surface area contributed by atoms with Gasteiger partial charge in [-0.05, 0) is 36.5 Å². The van der Waals surface area contributed by atoms with E-state index in [0.29, 0.717) is 70.0 Å². The van der Waals surface area contributed by atoms with Crippen LogP contribution in [0, 0.1) is 11.8 Å². The maximum Gasteiger partial charge on any atom is 0.254 e. The van der Waals surface area contributed by atoms with Gasteiger partial charge in [0, 0.05) is 56.8 Å². The zero-order valence-electron chi connectivity index (χ0n) is 22.7. The molecule has 4 amide bonds. The Balaban J connectivity index is 1.34. The first-order valence-corrected chi connectivity index (χ1v) is 14.0. The molecule has 0 spiro atoms. The summed E-state index contributed by atoms with van der Waals surface area (Å²) >= 11 is 0. The van der Waals surface area contributed by atoms with Crippen molar-refractivity contribution >= 4 is 24.1 Å². The predicted molar refractivity (Wildman–Crippen MR) is 149 cm³/mol. The summed E-state index contributed by atoms with van der Waals surface area (Å²) in [5.41, 5.74) is 1.37.